The first-order valence-corrected chi connectivity index (χ1v) is 5.59. The molecule has 0 radical (unpaired) electrons. The van der Waals surface area contributed by atoms with Gasteiger partial charge in [-0.25, -0.2) is 8.78 Å². The number of benzene rings is 2. The molecule has 2 aromatic rings. The van der Waals surface area contributed by atoms with Gasteiger partial charge in [0.15, 0.2) is 5.78 Å². The lowest BCUT2D eigenvalue weighted by Crippen LogP contribution is -2.09. The summed E-state index contributed by atoms with van der Waals surface area (Å²) in [5, 5.41) is 0. The van der Waals surface area contributed by atoms with Gasteiger partial charge in [0, 0.05) is 18.6 Å². The molecule has 2 nitrogen and oxygen atoms in total. The van der Waals surface area contributed by atoms with Crippen molar-refractivity contribution in [1.82, 2.24) is 0 Å². The second kappa shape index (κ2) is 5.10. The fraction of sp³-hybridized carbons (Fsp3) is 0.0667. The van der Waals surface area contributed by atoms with E-state index in [0.717, 1.165) is 6.07 Å². The third-order valence-corrected chi connectivity index (χ3v) is 2.66. The maximum atomic E-state index is 13.1. The summed E-state index contributed by atoms with van der Waals surface area (Å²) >= 11 is 0. The molecule has 0 saturated carbocycles. The summed E-state index contributed by atoms with van der Waals surface area (Å²) in [4.78, 5) is 22.4. The average molecular weight is 260 g/mol. The fourth-order valence-corrected chi connectivity index (χ4v) is 1.74. The SMILES string of the molecule is CC(=O)C(=O)c1ccc(-c2cc(F)cc(F)c2)cc1. The van der Waals surface area contributed by atoms with Crippen LogP contribution in [-0.2, 0) is 4.79 Å². The zero-order valence-corrected chi connectivity index (χ0v) is 10.1. The number of carbonyl (C=O) groups excluding carboxylic acids is 2. The maximum Gasteiger partial charge on any atom is 0.228 e. The number of hydrogen-bond acceptors (Lipinski definition) is 2. The molecule has 0 aliphatic heterocycles. The van der Waals surface area contributed by atoms with Gasteiger partial charge in [0.25, 0.3) is 0 Å². The molecule has 0 unspecified atom stereocenters. The van der Waals surface area contributed by atoms with Crippen molar-refractivity contribution >= 4 is 11.6 Å². The predicted octanol–water partition coefficient (Wildman–Crippen LogP) is 3.40. The fourth-order valence-electron chi connectivity index (χ4n) is 1.74. The highest BCUT2D eigenvalue weighted by Gasteiger charge is 2.11. The molecule has 96 valence electrons. The molecular formula is C15H10F2O2. The van der Waals surface area contributed by atoms with Crippen LogP contribution in [0.25, 0.3) is 11.1 Å². The van der Waals surface area contributed by atoms with Crippen molar-refractivity contribution in [3.05, 3.63) is 59.7 Å². The monoisotopic (exact) mass is 260 g/mol. The van der Waals surface area contributed by atoms with Crippen LogP contribution in [0.5, 0.6) is 0 Å². The first kappa shape index (κ1) is 13.1. The Morgan fingerprint density at radius 1 is 0.842 bits per heavy atom. The van der Waals surface area contributed by atoms with Crippen LogP contribution in [0.4, 0.5) is 8.78 Å². The van der Waals surface area contributed by atoms with Crippen molar-refractivity contribution in [3.8, 4) is 11.1 Å². The van der Waals surface area contributed by atoms with Crippen molar-refractivity contribution < 1.29 is 18.4 Å². The van der Waals surface area contributed by atoms with E-state index in [1.54, 1.807) is 12.1 Å². The van der Waals surface area contributed by atoms with Crippen LogP contribution in [0.2, 0.25) is 0 Å². The van der Waals surface area contributed by atoms with Gasteiger partial charge in [-0.15, -0.1) is 0 Å². The average Bonchev–Trinajstić information content (AvgIpc) is 2.37. The van der Waals surface area contributed by atoms with Gasteiger partial charge in [-0.1, -0.05) is 24.3 Å². The van der Waals surface area contributed by atoms with Crippen LogP contribution in [0.15, 0.2) is 42.5 Å². The van der Waals surface area contributed by atoms with Gasteiger partial charge in [0.1, 0.15) is 11.6 Å². The van der Waals surface area contributed by atoms with Crippen LogP contribution >= 0.6 is 0 Å². The second-order valence-corrected chi connectivity index (χ2v) is 4.12. The van der Waals surface area contributed by atoms with E-state index in [9.17, 15) is 18.4 Å². The molecule has 19 heavy (non-hydrogen) atoms. The highest BCUT2D eigenvalue weighted by Crippen LogP contribution is 2.22. The molecule has 2 aromatic carbocycles. The number of Topliss-reactive ketones (excluding diaryl/α,β-unsaturated/α-hetero) is 2. The van der Waals surface area contributed by atoms with E-state index >= 15 is 0 Å². The maximum absolute atomic E-state index is 13.1. The van der Waals surface area contributed by atoms with E-state index in [4.69, 9.17) is 0 Å². The molecule has 0 spiro atoms. The summed E-state index contributed by atoms with van der Waals surface area (Å²) in [6, 6.07) is 9.20. The van der Waals surface area contributed by atoms with E-state index in [0.29, 0.717) is 11.1 Å². The Labute approximate surface area is 108 Å². The first-order valence-electron chi connectivity index (χ1n) is 5.59. The Hall–Kier alpha value is -2.36. The van der Waals surface area contributed by atoms with Crippen molar-refractivity contribution in [2.75, 3.05) is 0 Å². The van der Waals surface area contributed by atoms with Gasteiger partial charge < -0.3 is 0 Å². The lowest BCUT2D eigenvalue weighted by Gasteiger charge is -2.04. The van der Waals surface area contributed by atoms with Gasteiger partial charge in [-0.2, -0.15) is 0 Å². The summed E-state index contributed by atoms with van der Waals surface area (Å²) in [7, 11) is 0. The number of halogens is 2. The van der Waals surface area contributed by atoms with Crippen LogP contribution in [0, 0.1) is 11.6 Å². The van der Waals surface area contributed by atoms with E-state index < -0.39 is 23.2 Å². The van der Waals surface area contributed by atoms with Crippen molar-refractivity contribution in [1.29, 1.82) is 0 Å². The van der Waals surface area contributed by atoms with Gasteiger partial charge in [0.05, 0.1) is 0 Å². The van der Waals surface area contributed by atoms with Crippen molar-refractivity contribution in [2.24, 2.45) is 0 Å². The summed E-state index contributed by atoms with van der Waals surface area (Å²) in [6.45, 7) is 1.19. The van der Waals surface area contributed by atoms with Gasteiger partial charge in [-0.05, 0) is 23.3 Å². The molecule has 0 aliphatic carbocycles. The van der Waals surface area contributed by atoms with Gasteiger partial charge >= 0.3 is 0 Å². The van der Waals surface area contributed by atoms with Crippen LogP contribution in [-0.4, -0.2) is 11.6 Å². The van der Waals surface area contributed by atoms with Crippen LogP contribution in [0.3, 0.4) is 0 Å². The molecule has 0 saturated heterocycles. The molecule has 0 amide bonds. The molecule has 0 fully saturated rings. The third kappa shape index (κ3) is 2.91. The Balaban J connectivity index is 2.37. The zero-order valence-electron chi connectivity index (χ0n) is 10.1. The Bertz CT molecular complexity index is 625. The third-order valence-electron chi connectivity index (χ3n) is 2.66. The van der Waals surface area contributed by atoms with E-state index in [1.807, 2.05) is 0 Å². The van der Waals surface area contributed by atoms with E-state index in [1.165, 1.54) is 31.2 Å². The summed E-state index contributed by atoms with van der Waals surface area (Å²) in [6.07, 6.45) is 0. The van der Waals surface area contributed by atoms with Gasteiger partial charge in [-0.3, -0.25) is 9.59 Å². The molecule has 0 atom stereocenters. The summed E-state index contributed by atoms with van der Waals surface area (Å²) in [5.41, 5.74) is 1.20. The number of carbonyl (C=O) groups is 2. The molecule has 0 N–H and O–H groups in total. The topological polar surface area (TPSA) is 34.1 Å². The van der Waals surface area contributed by atoms with Crippen molar-refractivity contribution in [3.63, 3.8) is 0 Å². The molecule has 0 aliphatic rings. The van der Waals surface area contributed by atoms with Crippen LogP contribution < -0.4 is 0 Å². The quantitative estimate of drug-likeness (QED) is 0.626. The minimum absolute atomic E-state index is 0.258. The molecular weight excluding hydrogens is 250 g/mol. The predicted molar refractivity (Wildman–Crippen MR) is 66.8 cm³/mol. The Morgan fingerprint density at radius 3 is 1.84 bits per heavy atom. The minimum Gasteiger partial charge on any atom is -0.291 e. The second-order valence-electron chi connectivity index (χ2n) is 4.12. The molecule has 0 heterocycles. The lowest BCUT2D eigenvalue weighted by molar-refractivity contribution is -0.113. The summed E-state index contributed by atoms with van der Waals surface area (Å²) < 4.78 is 26.2. The van der Waals surface area contributed by atoms with E-state index in [-0.39, 0.29) is 5.56 Å². The Kier molecular flexibility index (Phi) is 3.51. The molecule has 0 aromatic heterocycles. The number of ketones is 2. The Morgan fingerprint density at radius 2 is 1.37 bits per heavy atom. The first-order chi connectivity index (χ1) is 8.97. The summed E-state index contributed by atoms with van der Waals surface area (Å²) in [5.74, 6) is -2.47. The van der Waals surface area contributed by atoms with E-state index in [2.05, 4.69) is 0 Å². The van der Waals surface area contributed by atoms with Crippen LogP contribution in [0.1, 0.15) is 17.3 Å². The zero-order chi connectivity index (χ0) is 14.0. The number of rotatable bonds is 3. The normalized spacial score (nSPS) is 10.3. The molecule has 0 bridgehead atoms. The lowest BCUT2D eigenvalue weighted by atomic mass is 10.0. The number of hydrogen-bond donors (Lipinski definition) is 0. The van der Waals surface area contributed by atoms with Crippen molar-refractivity contribution in [2.45, 2.75) is 6.92 Å². The highest BCUT2D eigenvalue weighted by molar-refractivity contribution is 6.42. The highest BCUT2D eigenvalue weighted by atomic mass is 19.1. The minimum atomic E-state index is -0.668. The standard InChI is InChI=1S/C15H10F2O2/c1-9(18)15(19)11-4-2-10(3-5-11)12-6-13(16)8-14(17)7-12/h2-8H,1H3. The molecule has 4 heteroatoms. The smallest absolute Gasteiger partial charge is 0.228 e. The van der Waals surface area contributed by atoms with Gasteiger partial charge in [0.2, 0.25) is 5.78 Å². The largest absolute Gasteiger partial charge is 0.291 e. The molecule has 2 rings (SSSR count).